The summed E-state index contributed by atoms with van der Waals surface area (Å²) >= 11 is 0. The Bertz CT molecular complexity index is 681. The van der Waals surface area contributed by atoms with E-state index in [1.165, 1.54) is 6.92 Å². The fourth-order valence-electron chi connectivity index (χ4n) is 2.33. The number of carbonyl (C=O) groups excluding carboxylic acids is 3. The number of nitrogens with zero attached hydrogens (tertiary/aromatic N) is 3. The molecular weight excluding hydrogens is 411 g/mol. The maximum absolute atomic E-state index is 13.3. The summed E-state index contributed by atoms with van der Waals surface area (Å²) in [6.45, 7) is 14.6. The molecule has 0 saturated carbocycles. The van der Waals surface area contributed by atoms with Crippen LogP contribution in [-0.2, 0) is 23.5 Å². The van der Waals surface area contributed by atoms with E-state index in [-0.39, 0.29) is 11.5 Å². The van der Waals surface area contributed by atoms with E-state index in [1.807, 2.05) is 33.9 Å². The number of amides is 1. The molecule has 0 heterocycles. The van der Waals surface area contributed by atoms with Gasteiger partial charge in [-0.25, -0.2) is 4.39 Å². The van der Waals surface area contributed by atoms with Gasteiger partial charge >= 0.3 is 5.97 Å². The molecule has 0 saturated heterocycles. The molecule has 0 radical (unpaired) electrons. The van der Waals surface area contributed by atoms with Crippen molar-refractivity contribution in [1.82, 2.24) is 5.32 Å². The van der Waals surface area contributed by atoms with Gasteiger partial charge in [0.2, 0.25) is 5.91 Å². The number of ether oxygens (including phenoxy) is 1. The van der Waals surface area contributed by atoms with Crippen molar-refractivity contribution in [2.75, 3.05) is 6.67 Å². The fourth-order valence-corrected chi connectivity index (χ4v) is 3.68. The Kier molecular flexibility index (Phi) is 10.2. The Labute approximate surface area is 178 Å². The summed E-state index contributed by atoms with van der Waals surface area (Å²) in [5, 5.41) is 5.66. The number of ketones is 1. The summed E-state index contributed by atoms with van der Waals surface area (Å²) in [6, 6.07) is -2.65. The van der Waals surface area contributed by atoms with Crippen LogP contribution in [0, 0.1) is 0 Å². The molecule has 0 aromatic heterocycles. The van der Waals surface area contributed by atoms with E-state index in [9.17, 15) is 18.8 Å². The van der Waals surface area contributed by atoms with Gasteiger partial charge in [-0.3, -0.25) is 14.4 Å². The summed E-state index contributed by atoms with van der Waals surface area (Å²) in [5.41, 5.74) is 8.09. The summed E-state index contributed by atoms with van der Waals surface area (Å²) in [5.74, 6) is -2.24. The number of azide groups is 1. The van der Waals surface area contributed by atoms with Gasteiger partial charge in [-0.1, -0.05) is 25.9 Å². The van der Waals surface area contributed by atoms with Crippen LogP contribution in [0.3, 0.4) is 0 Å². The highest BCUT2D eigenvalue weighted by Crippen LogP contribution is 2.38. The SMILES string of the molecule is CC(=O)N[C@@H](C(=O)CF)[C@H](C[C@H](N=[N+]=[N-])C(=O)OC(C)(C)C)O[Si](C)(C)C(C)(C)C. The minimum atomic E-state index is -2.52. The molecule has 3 atom stereocenters. The van der Waals surface area contributed by atoms with Crippen molar-refractivity contribution in [3.8, 4) is 0 Å². The van der Waals surface area contributed by atoms with E-state index >= 15 is 0 Å². The van der Waals surface area contributed by atoms with Gasteiger partial charge in [0.1, 0.15) is 24.4 Å². The highest BCUT2D eigenvalue weighted by molar-refractivity contribution is 6.74. The minimum Gasteiger partial charge on any atom is -0.460 e. The number of halogens is 1. The van der Waals surface area contributed by atoms with Crippen molar-refractivity contribution in [1.29, 1.82) is 0 Å². The van der Waals surface area contributed by atoms with Crippen molar-refractivity contribution in [2.45, 2.75) is 96.8 Å². The molecule has 9 nitrogen and oxygen atoms in total. The minimum absolute atomic E-state index is 0.248. The normalized spacial score (nSPS) is 15.4. The van der Waals surface area contributed by atoms with E-state index < -0.39 is 56.4 Å². The van der Waals surface area contributed by atoms with Crippen LogP contribution in [-0.4, -0.2) is 56.4 Å². The van der Waals surface area contributed by atoms with Gasteiger partial charge in [-0.15, -0.1) is 0 Å². The van der Waals surface area contributed by atoms with Crippen molar-refractivity contribution in [3.63, 3.8) is 0 Å². The van der Waals surface area contributed by atoms with Crippen LogP contribution in [0.1, 0.15) is 54.9 Å². The van der Waals surface area contributed by atoms with Crippen molar-refractivity contribution in [3.05, 3.63) is 10.4 Å². The zero-order valence-electron chi connectivity index (χ0n) is 19.4. The van der Waals surface area contributed by atoms with Gasteiger partial charge in [0.15, 0.2) is 14.1 Å². The van der Waals surface area contributed by atoms with Crippen LogP contribution in [0.4, 0.5) is 4.39 Å². The van der Waals surface area contributed by atoms with Crippen LogP contribution in [0.15, 0.2) is 5.11 Å². The number of carbonyl (C=O) groups is 3. The third kappa shape index (κ3) is 9.23. The van der Waals surface area contributed by atoms with Crippen LogP contribution in [0.2, 0.25) is 18.1 Å². The number of rotatable bonds is 10. The molecule has 0 aliphatic rings. The summed E-state index contributed by atoms with van der Waals surface area (Å²) in [6.07, 6.45) is -1.33. The van der Waals surface area contributed by atoms with Gasteiger partial charge in [0, 0.05) is 11.8 Å². The largest absolute Gasteiger partial charge is 0.460 e. The Hall–Kier alpha value is -1.97. The lowest BCUT2D eigenvalue weighted by molar-refractivity contribution is -0.157. The van der Waals surface area contributed by atoms with Gasteiger partial charge < -0.3 is 14.5 Å². The van der Waals surface area contributed by atoms with E-state index in [0.717, 1.165) is 0 Å². The zero-order chi connectivity index (χ0) is 23.9. The lowest BCUT2D eigenvalue weighted by atomic mass is 9.99. The monoisotopic (exact) mass is 446 g/mol. The molecule has 1 N–H and O–H groups in total. The third-order valence-corrected chi connectivity index (χ3v) is 9.29. The lowest BCUT2D eigenvalue weighted by Gasteiger charge is -2.41. The molecule has 11 heteroatoms. The Morgan fingerprint density at radius 3 is 2.07 bits per heavy atom. The second-order valence-electron chi connectivity index (χ2n) is 9.68. The zero-order valence-corrected chi connectivity index (χ0v) is 20.4. The standard InChI is InChI=1S/C19H35FN4O5Si/c1-12(25)22-16(14(26)11-20)15(29-30(8,9)19(5,6)7)10-13(23-24-21)17(27)28-18(2,3)4/h13,15-16H,10-11H2,1-9H3,(H,22,25)/t13-,15-,16-/m0/s1. The second kappa shape index (κ2) is 10.9. The van der Waals surface area contributed by atoms with Crippen LogP contribution >= 0.6 is 0 Å². The first-order valence-electron chi connectivity index (χ1n) is 9.76. The van der Waals surface area contributed by atoms with Crippen LogP contribution in [0.25, 0.3) is 10.4 Å². The first-order chi connectivity index (χ1) is 13.4. The first-order valence-corrected chi connectivity index (χ1v) is 12.7. The molecule has 0 rings (SSSR count). The number of Topliss-reactive ketones (excluding diaryl/α,β-unsaturated/α-hetero) is 1. The predicted octanol–water partition coefficient (Wildman–Crippen LogP) is 3.83. The molecule has 0 aliphatic heterocycles. The summed E-state index contributed by atoms with van der Waals surface area (Å²) in [4.78, 5) is 39.2. The van der Waals surface area contributed by atoms with Gasteiger partial charge in [0.05, 0.1) is 6.10 Å². The topological polar surface area (TPSA) is 130 Å². The number of alkyl halides is 1. The van der Waals surface area contributed by atoms with Crippen LogP contribution < -0.4 is 5.32 Å². The molecule has 1 amide bonds. The fraction of sp³-hybridized carbons (Fsp3) is 0.842. The van der Waals surface area contributed by atoms with E-state index in [4.69, 9.17) is 14.7 Å². The van der Waals surface area contributed by atoms with Gasteiger partial charge in [0.25, 0.3) is 0 Å². The first kappa shape index (κ1) is 28.0. The Balaban J connectivity index is 6.16. The summed E-state index contributed by atoms with van der Waals surface area (Å²) < 4.78 is 24.9. The van der Waals surface area contributed by atoms with E-state index in [0.29, 0.717) is 0 Å². The predicted molar refractivity (Wildman–Crippen MR) is 114 cm³/mol. The lowest BCUT2D eigenvalue weighted by Crippen LogP contribution is -2.56. The molecule has 0 spiro atoms. The molecule has 30 heavy (non-hydrogen) atoms. The van der Waals surface area contributed by atoms with Crippen molar-refractivity contribution < 1.29 is 27.9 Å². The molecule has 0 unspecified atom stereocenters. The maximum atomic E-state index is 13.3. The average Bonchev–Trinajstić information content (AvgIpc) is 2.54. The number of nitrogens with one attached hydrogen (secondary N) is 1. The van der Waals surface area contributed by atoms with E-state index in [1.54, 1.807) is 20.8 Å². The molecule has 0 aromatic carbocycles. The highest BCUT2D eigenvalue weighted by atomic mass is 28.4. The molecule has 0 bridgehead atoms. The van der Waals surface area contributed by atoms with Crippen molar-refractivity contribution >= 4 is 26.0 Å². The number of hydrogen-bond donors (Lipinski definition) is 1. The molecule has 0 fully saturated rings. The molecule has 0 aromatic rings. The Morgan fingerprint density at radius 1 is 1.17 bits per heavy atom. The number of esters is 1. The third-order valence-electron chi connectivity index (χ3n) is 4.79. The average molecular weight is 447 g/mol. The summed E-state index contributed by atoms with van der Waals surface area (Å²) in [7, 11) is -2.52. The quantitative estimate of drug-likeness (QED) is 0.179. The van der Waals surface area contributed by atoms with Crippen molar-refractivity contribution in [2.24, 2.45) is 5.11 Å². The highest BCUT2D eigenvalue weighted by Gasteiger charge is 2.43. The number of hydrogen-bond acceptors (Lipinski definition) is 6. The van der Waals surface area contributed by atoms with Gasteiger partial charge in [-0.05, 0) is 50.9 Å². The Morgan fingerprint density at radius 2 is 1.70 bits per heavy atom. The molecular formula is C19H35FN4O5Si. The van der Waals surface area contributed by atoms with E-state index in [2.05, 4.69) is 15.3 Å². The van der Waals surface area contributed by atoms with Gasteiger partial charge in [-0.2, -0.15) is 0 Å². The van der Waals surface area contributed by atoms with Crippen LogP contribution in [0.5, 0.6) is 0 Å². The molecule has 172 valence electrons. The molecule has 0 aliphatic carbocycles. The maximum Gasteiger partial charge on any atom is 0.315 e. The second-order valence-corrected chi connectivity index (χ2v) is 14.4. The smallest absolute Gasteiger partial charge is 0.315 e.